The van der Waals surface area contributed by atoms with Gasteiger partial charge in [-0.05, 0) is 66.9 Å². The number of nitrogens with zero attached hydrogens (tertiary/aromatic N) is 2. The highest BCUT2D eigenvalue weighted by Gasteiger charge is 2.36. The molecule has 0 aromatic heterocycles. The minimum Gasteiger partial charge on any atom is -0.495 e. The van der Waals surface area contributed by atoms with Crippen LogP contribution in [-0.4, -0.2) is 51.4 Å². The van der Waals surface area contributed by atoms with E-state index in [0.29, 0.717) is 22.2 Å². The number of benzene rings is 4. The SMILES string of the molecule is CCCCNC(=O)C(Cc1ccccc1)N(Cc1ccc(Cl)cc1Cl)C(=O)CN(c1cc(Cl)ccc1OC)S(=O)(=O)c1ccc(C)cc1. The lowest BCUT2D eigenvalue weighted by atomic mass is 10.0. The summed E-state index contributed by atoms with van der Waals surface area (Å²) < 4.78 is 35.2. The Balaban J connectivity index is 1.86. The number of methoxy groups -OCH3 is 1. The average molecular weight is 731 g/mol. The van der Waals surface area contributed by atoms with Crippen molar-refractivity contribution in [1.82, 2.24) is 10.2 Å². The molecule has 48 heavy (non-hydrogen) atoms. The fourth-order valence-corrected chi connectivity index (χ4v) is 7.15. The Morgan fingerprint density at radius 3 is 2.21 bits per heavy atom. The zero-order valence-electron chi connectivity index (χ0n) is 27.0. The highest BCUT2D eigenvalue weighted by atomic mass is 35.5. The van der Waals surface area contributed by atoms with Crippen LogP contribution in [0.1, 0.15) is 36.5 Å². The number of halogens is 3. The molecule has 0 heterocycles. The Kier molecular flexibility index (Phi) is 13.2. The third-order valence-corrected chi connectivity index (χ3v) is 10.3. The summed E-state index contributed by atoms with van der Waals surface area (Å²) in [4.78, 5) is 29.9. The molecule has 1 unspecified atom stereocenters. The summed E-state index contributed by atoms with van der Waals surface area (Å²) in [7, 11) is -2.96. The summed E-state index contributed by atoms with van der Waals surface area (Å²) >= 11 is 19.1. The molecule has 1 N–H and O–H groups in total. The van der Waals surface area contributed by atoms with Crippen LogP contribution < -0.4 is 14.4 Å². The van der Waals surface area contributed by atoms with Gasteiger partial charge in [0, 0.05) is 34.6 Å². The molecule has 254 valence electrons. The van der Waals surface area contributed by atoms with Crippen molar-refractivity contribution in [2.24, 2.45) is 0 Å². The number of hydrogen-bond acceptors (Lipinski definition) is 5. The zero-order chi connectivity index (χ0) is 34.8. The Morgan fingerprint density at radius 2 is 1.56 bits per heavy atom. The summed E-state index contributed by atoms with van der Waals surface area (Å²) in [5.41, 5.74) is 2.27. The number of unbranched alkanes of at least 4 members (excludes halogenated alkanes) is 1. The highest BCUT2D eigenvalue weighted by molar-refractivity contribution is 7.92. The lowest BCUT2D eigenvalue weighted by Crippen LogP contribution is -2.53. The van der Waals surface area contributed by atoms with Crippen LogP contribution >= 0.6 is 34.8 Å². The molecule has 1 atom stereocenters. The molecule has 12 heteroatoms. The van der Waals surface area contributed by atoms with Crippen molar-refractivity contribution < 1.29 is 22.7 Å². The molecule has 0 spiro atoms. The van der Waals surface area contributed by atoms with Gasteiger partial charge in [0.2, 0.25) is 11.8 Å². The monoisotopic (exact) mass is 729 g/mol. The molecular formula is C36H38Cl3N3O5S. The lowest BCUT2D eigenvalue weighted by molar-refractivity contribution is -0.140. The minimum atomic E-state index is -4.35. The van der Waals surface area contributed by atoms with Gasteiger partial charge in [0.15, 0.2) is 0 Å². The number of nitrogens with one attached hydrogen (secondary N) is 1. The van der Waals surface area contributed by atoms with Crippen molar-refractivity contribution in [3.8, 4) is 5.75 Å². The largest absolute Gasteiger partial charge is 0.495 e. The van der Waals surface area contributed by atoms with Gasteiger partial charge in [-0.2, -0.15) is 0 Å². The number of anilines is 1. The molecule has 0 fully saturated rings. The first-order valence-electron chi connectivity index (χ1n) is 15.4. The number of amides is 2. The van der Waals surface area contributed by atoms with Gasteiger partial charge in [0.25, 0.3) is 10.0 Å². The van der Waals surface area contributed by atoms with E-state index in [4.69, 9.17) is 39.5 Å². The molecule has 2 amide bonds. The lowest BCUT2D eigenvalue weighted by Gasteiger charge is -2.34. The van der Waals surface area contributed by atoms with Gasteiger partial charge in [-0.3, -0.25) is 13.9 Å². The van der Waals surface area contributed by atoms with Crippen LogP contribution in [0.2, 0.25) is 15.1 Å². The molecule has 0 saturated carbocycles. The van der Waals surface area contributed by atoms with Crippen molar-refractivity contribution in [2.75, 3.05) is 24.5 Å². The van der Waals surface area contributed by atoms with E-state index in [1.54, 1.807) is 36.4 Å². The maximum absolute atomic E-state index is 14.7. The maximum Gasteiger partial charge on any atom is 0.264 e. The molecule has 0 aliphatic rings. The van der Waals surface area contributed by atoms with Gasteiger partial charge in [0.05, 0.1) is 17.7 Å². The number of aryl methyl sites for hydroxylation is 1. The highest BCUT2D eigenvalue weighted by Crippen LogP contribution is 2.35. The minimum absolute atomic E-state index is 0.0339. The van der Waals surface area contributed by atoms with Crippen LogP contribution in [0.5, 0.6) is 5.75 Å². The van der Waals surface area contributed by atoms with Crippen molar-refractivity contribution in [3.05, 3.63) is 123 Å². The molecule has 4 aromatic carbocycles. The first-order chi connectivity index (χ1) is 22.9. The van der Waals surface area contributed by atoms with Gasteiger partial charge in [0.1, 0.15) is 18.3 Å². The fourth-order valence-electron chi connectivity index (χ4n) is 5.10. The Morgan fingerprint density at radius 1 is 0.896 bits per heavy atom. The molecule has 4 rings (SSSR count). The first-order valence-corrected chi connectivity index (χ1v) is 18.0. The number of hydrogen-bond donors (Lipinski definition) is 1. The van der Waals surface area contributed by atoms with E-state index >= 15 is 0 Å². The van der Waals surface area contributed by atoms with Crippen molar-refractivity contribution in [1.29, 1.82) is 0 Å². The van der Waals surface area contributed by atoms with E-state index in [-0.39, 0.29) is 40.2 Å². The van der Waals surface area contributed by atoms with Crippen molar-refractivity contribution in [3.63, 3.8) is 0 Å². The quantitative estimate of drug-likeness (QED) is 0.127. The van der Waals surface area contributed by atoms with E-state index in [0.717, 1.165) is 28.3 Å². The molecule has 0 saturated heterocycles. The Labute approximate surface area is 297 Å². The molecule has 0 aliphatic carbocycles. The molecule has 0 bridgehead atoms. The molecule has 4 aromatic rings. The van der Waals surface area contributed by atoms with Crippen LogP contribution in [0.3, 0.4) is 0 Å². The molecular weight excluding hydrogens is 693 g/mol. The van der Waals surface area contributed by atoms with Crippen LogP contribution in [0.15, 0.2) is 95.9 Å². The maximum atomic E-state index is 14.7. The van der Waals surface area contributed by atoms with E-state index in [2.05, 4.69) is 5.32 Å². The molecule has 8 nitrogen and oxygen atoms in total. The Hall–Kier alpha value is -3.76. The summed E-state index contributed by atoms with van der Waals surface area (Å²) in [5, 5.41) is 3.91. The van der Waals surface area contributed by atoms with Crippen molar-refractivity contribution in [2.45, 2.75) is 50.6 Å². The van der Waals surface area contributed by atoms with Crippen LogP contribution in [0.4, 0.5) is 5.69 Å². The van der Waals surface area contributed by atoms with Gasteiger partial charge in [-0.1, -0.05) is 102 Å². The number of carbonyl (C=O) groups excluding carboxylic acids is 2. The fraction of sp³-hybridized carbons (Fsp3) is 0.278. The van der Waals surface area contributed by atoms with Crippen LogP contribution in [-0.2, 0) is 32.6 Å². The van der Waals surface area contributed by atoms with Gasteiger partial charge in [-0.15, -0.1) is 0 Å². The summed E-state index contributed by atoms with van der Waals surface area (Å²) in [5.74, 6) is -0.836. The topological polar surface area (TPSA) is 96.0 Å². The zero-order valence-corrected chi connectivity index (χ0v) is 30.0. The predicted molar refractivity (Wildman–Crippen MR) is 193 cm³/mol. The van der Waals surface area contributed by atoms with Gasteiger partial charge >= 0.3 is 0 Å². The predicted octanol–water partition coefficient (Wildman–Crippen LogP) is 7.72. The molecule has 0 radical (unpaired) electrons. The number of carbonyl (C=O) groups is 2. The van der Waals surface area contributed by atoms with Crippen LogP contribution in [0, 0.1) is 6.92 Å². The summed E-state index contributed by atoms with van der Waals surface area (Å²) in [6, 6.07) is 24.0. The second-order valence-corrected chi connectivity index (χ2v) is 14.4. The smallest absolute Gasteiger partial charge is 0.264 e. The Bertz CT molecular complexity index is 1820. The van der Waals surface area contributed by atoms with Gasteiger partial charge < -0.3 is 15.0 Å². The van der Waals surface area contributed by atoms with E-state index < -0.39 is 28.5 Å². The normalized spacial score (nSPS) is 11.9. The second-order valence-electron chi connectivity index (χ2n) is 11.2. The summed E-state index contributed by atoms with van der Waals surface area (Å²) in [6.45, 7) is 3.50. The van der Waals surface area contributed by atoms with Crippen molar-refractivity contribution >= 4 is 62.3 Å². The number of sulfonamides is 1. The van der Waals surface area contributed by atoms with E-state index in [1.807, 2.05) is 44.2 Å². The van der Waals surface area contributed by atoms with E-state index in [1.165, 1.54) is 36.3 Å². The summed E-state index contributed by atoms with van der Waals surface area (Å²) in [6.07, 6.45) is 1.78. The number of rotatable bonds is 15. The standard InChI is InChI=1S/C36H38Cl3N3O5S/c1-4-5-19-40-36(44)33(20-26-9-7-6-8-10-26)41(23-27-13-14-28(37)21-31(27)39)35(43)24-42(32-22-29(38)15-18-34(32)47-3)48(45,46)30-16-11-25(2)12-17-30/h6-18,21-22,33H,4-5,19-20,23-24H2,1-3H3,(H,40,44). The third-order valence-electron chi connectivity index (χ3n) is 7.75. The average Bonchev–Trinajstić information content (AvgIpc) is 3.06. The second kappa shape index (κ2) is 17.1. The van der Waals surface area contributed by atoms with Crippen LogP contribution in [0.25, 0.3) is 0 Å². The third kappa shape index (κ3) is 9.44. The number of ether oxygens (including phenoxy) is 1. The first kappa shape index (κ1) is 37.1. The van der Waals surface area contributed by atoms with E-state index in [9.17, 15) is 18.0 Å². The van der Waals surface area contributed by atoms with Gasteiger partial charge in [-0.25, -0.2) is 8.42 Å². The molecule has 0 aliphatic heterocycles.